The predicted molar refractivity (Wildman–Crippen MR) is 95.7 cm³/mol. The molecule has 0 unspecified atom stereocenters. The summed E-state index contributed by atoms with van der Waals surface area (Å²) < 4.78 is 2.01. The van der Waals surface area contributed by atoms with Crippen LogP contribution in [0.25, 0.3) is 11.0 Å². The number of rotatable bonds is 3. The quantitative estimate of drug-likeness (QED) is 0.798. The van der Waals surface area contributed by atoms with Crippen molar-refractivity contribution >= 4 is 22.6 Å². The third-order valence-electron chi connectivity index (χ3n) is 4.69. The number of hydrogen-bond acceptors (Lipinski definition) is 4. The molecule has 1 aliphatic rings. The molecule has 3 aromatic rings. The van der Waals surface area contributed by atoms with Crippen molar-refractivity contribution in [2.75, 3.05) is 5.32 Å². The van der Waals surface area contributed by atoms with Crippen LogP contribution in [0.2, 0.25) is 0 Å². The van der Waals surface area contributed by atoms with Gasteiger partial charge in [-0.15, -0.1) is 0 Å². The number of hydrogen-bond donors (Lipinski definition) is 1. The van der Waals surface area contributed by atoms with Gasteiger partial charge in [0.1, 0.15) is 11.2 Å². The maximum atomic E-state index is 12.8. The smallest absolute Gasteiger partial charge is 0.261 e. The summed E-state index contributed by atoms with van der Waals surface area (Å²) in [7, 11) is 0. The Hall–Kier alpha value is -3.02. The number of carbonyl (C=O) groups excluding carboxylic acids is 1. The standard InChI is InChI=1S/C19H18N4O2/c24-17-15-6-3-9-21-18(15)23(14-4-1-2-5-14)12-16(17)19(25)22-13-7-10-20-11-8-13/h3,6-12,14H,1-2,4-5H2,(H,20,22,25). The van der Waals surface area contributed by atoms with E-state index in [0.717, 1.165) is 25.7 Å². The van der Waals surface area contributed by atoms with E-state index in [0.29, 0.717) is 16.7 Å². The first-order chi connectivity index (χ1) is 12.2. The third-order valence-corrected chi connectivity index (χ3v) is 4.69. The summed E-state index contributed by atoms with van der Waals surface area (Å²) in [5, 5.41) is 3.25. The van der Waals surface area contributed by atoms with Gasteiger partial charge < -0.3 is 9.88 Å². The molecule has 6 nitrogen and oxygen atoms in total. The maximum absolute atomic E-state index is 12.8. The summed E-state index contributed by atoms with van der Waals surface area (Å²) in [6.45, 7) is 0. The van der Waals surface area contributed by atoms with Gasteiger partial charge in [0.2, 0.25) is 5.43 Å². The van der Waals surface area contributed by atoms with Crippen LogP contribution in [-0.4, -0.2) is 20.4 Å². The average molecular weight is 334 g/mol. The van der Waals surface area contributed by atoms with Crippen molar-refractivity contribution in [1.29, 1.82) is 0 Å². The highest BCUT2D eigenvalue weighted by Gasteiger charge is 2.22. The molecule has 0 aromatic carbocycles. The van der Waals surface area contributed by atoms with E-state index in [9.17, 15) is 9.59 Å². The second kappa shape index (κ2) is 6.47. The molecule has 0 bridgehead atoms. The van der Waals surface area contributed by atoms with Gasteiger partial charge in [-0.05, 0) is 37.1 Å². The molecule has 1 N–H and O–H groups in total. The topological polar surface area (TPSA) is 76.9 Å². The number of aromatic nitrogens is 3. The molecule has 0 atom stereocenters. The Morgan fingerprint density at radius 2 is 1.88 bits per heavy atom. The summed E-state index contributed by atoms with van der Waals surface area (Å²) in [6.07, 6.45) is 10.9. The number of amides is 1. The third kappa shape index (κ3) is 2.91. The summed E-state index contributed by atoms with van der Waals surface area (Å²) in [5.74, 6) is -0.409. The zero-order valence-electron chi connectivity index (χ0n) is 13.7. The molecule has 6 heteroatoms. The molecule has 1 aliphatic carbocycles. The van der Waals surface area contributed by atoms with Gasteiger partial charge in [0, 0.05) is 36.5 Å². The molecule has 1 saturated carbocycles. The van der Waals surface area contributed by atoms with Crippen LogP contribution in [-0.2, 0) is 0 Å². The van der Waals surface area contributed by atoms with Crippen LogP contribution in [0.1, 0.15) is 42.1 Å². The predicted octanol–water partition coefficient (Wildman–Crippen LogP) is 3.16. The van der Waals surface area contributed by atoms with Gasteiger partial charge in [0.15, 0.2) is 0 Å². The van der Waals surface area contributed by atoms with Gasteiger partial charge in [-0.1, -0.05) is 12.8 Å². The van der Waals surface area contributed by atoms with Gasteiger partial charge in [-0.2, -0.15) is 0 Å². The summed E-state index contributed by atoms with van der Waals surface area (Å²) >= 11 is 0. The molecular weight excluding hydrogens is 316 g/mol. The zero-order chi connectivity index (χ0) is 17.2. The first-order valence-electron chi connectivity index (χ1n) is 8.45. The summed E-state index contributed by atoms with van der Waals surface area (Å²) in [6, 6.07) is 7.13. The Labute approximate surface area is 144 Å². The van der Waals surface area contributed by atoms with Crippen molar-refractivity contribution in [1.82, 2.24) is 14.5 Å². The highest BCUT2D eigenvalue weighted by atomic mass is 16.2. The van der Waals surface area contributed by atoms with E-state index < -0.39 is 5.91 Å². The Kier molecular flexibility index (Phi) is 4.01. The molecule has 126 valence electrons. The molecule has 0 aliphatic heterocycles. The summed E-state index contributed by atoms with van der Waals surface area (Å²) in [4.78, 5) is 33.8. The first kappa shape index (κ1) is 15.5. The molecule has 4 rings (SSSR count). The largest absolute Gasteiger partial charge is 0.328 e. The van der Waals surface area contributed by atoms with Crippen molar-refractivity contribution in [3.63, 3.8) is 0 Å². The number of pyridine rings is 3. The van der Waals surface area contributed by atoms with E-state index in [-0.39, 0.29) is 17.0 Å². The number of nitrogens with zero attached hydrogens (tertiary/aromatic N) is 3. The first-order valence-corrected chi connectivity index (χ1v) is 8.45. The lowest BCUT2D eigenvalue weighted by Gasteiger charge is -2.18. The van der Waals surface area contributed by atoms with Gasteiger partial charge in [0.05, 0.1) is 5.39 Å². The van der Waals surface area contributed by atoms with E-state index in [1.165, 1.54) is 0 Å². The van der Waals surface area contributed by atoms with Crippen LogP contribution >= 0.6 is 0 Å². The molecule has 3 heterocycles. The number of carbonyl (C=O) groups is 1. The minimum absolute atomic E-state index is 0.143. The van der Waals surface area contributed by atoms with Crippen LogP contribution in [0.4, 0.5) is 5.69 Å². The van der Waals surface area contributed by atoms with Crippen LogP contribution in [0, 0.1) is 0 Å². The molecule has 3 aromatic heterocycles. The zero-order valence-corrected chi connectivity index (χ0v) is 13.7. The fourth-order valence-electron chi connectivity index (χ4n) is 3.44. The maximum Gasteiger partial charge on any atom is 0.261 e. The number of nitrogens with one attached hydrogen (secondary N) is 1. The van der Waals surface area contributed by atoms with Crippen LogP contribution in [0.5, 0.6) is 0 Å². The molecule has 0 radical (unpaired) electrons. The lowest BCUT2D eigenvalue weighted by atomic mass is 10.1. The van der Waals surface area contributed by atoms with E-state index in [1.54, 1.807) is 49.1 Å². The van der Waals surface area contributed by atoms with E-state index in [4.69, 9.17) is 0 Å². The lowest BCUT2D eigenvalue weighted by molar-refractivity contribution is 0.102. The Bertz CT molecular complexity index is 976. The fourth-order valence-corrected chi connectivity index (χ4v) is 3.44. The van der Waals surface area contributed by atoms with Gasteiger partial charge in [0.25, 0.3) is 5.91 Å². The van der Waals surface area contributed by atoms with E-state index >= 15 is 0 Å². The monoisotopic (exact) mass is 334 g/mol. The minimum atomic E-state index is -0.409. The highest BCUT2D eigenvalue weighted by Crippen LogP contribution is 2.31. The average Bonchev–Trinajstić information content (AvgIpc) is 3.17. The van der Waals surface area contributed by atoms with Crippen LogP contribution < -0.4 is 10.7 Å². The molecule has 1 fully saturated rings. The van der Waals surface area contributed by atoms with Crippen molar-refractivity contribution in [2.45, 2.75) is 31.7 Å². The number of fused-ring (bicyclic) bond motifs is 1. The van der Waals surface area contributed by atoms with E-state index in [1.807, 2.05) is 4.57 Å². The van der Waals surface area contributed by atoms with Gasteiger partial charge in [-0.25, -0.2) is 4.98 Å². The second-order valence-electron chi connectivity index (χ2n) is 6.28. The molecule has 25 heavy (non-hydrogen) atoms. The number of anilines is 1. The van der Waals surface area contributed by atoms with E-state index in [2.05, 4.69) is 15.3 Å². The van der Waals surface area contributed by atoms with Crippen LogP contribution in [0.3, 0.4) is 0 Å². The summed E-state index contributed by atoms with van der Waals surface area (Å²) in [5.41, 5.74) is 1.12. The molecule has 1 amide bonds. The normalized spacial score (nSPS) is 14.7. The highest BCUT2D eigenvalue weighted by molar-refractivity contribution is 6.05. The molecule has 0 spiro atoms. The molecule has 0 saturated heterocycles. The van der Waals surface area contributed by atoms with Crippen molar-refractivity contribution in [2.24, 2.45) is 0 Å². The Morgan fingerprint density at radius 1 is 1.12 bits per heavy atom. The Morgan fingerprint density at radius 3 is 2.64 bits per heavy atom. The van der Waals surface area contributed by atoms with Gasteiger partial charge in [-0.3, -0.25) is 14.6 Å². The lowest BCUT2D eigenvalue weighted by Crippen LogP contribution is -2.25. The SMILES string of the molecule is O=C(Nc1ccncc1)c1cn(C2CCCC2)c2ncccc2c1=O. The Balaban J connectivity index is 1.82. The molecular formula is C19H18N4O2. The van der Waals surface area contributed by atoms with Crippen molar-refractivity contribution in [3.8, 4) is 0 Å². The van der Waals surface area contributed by atoms with Crippen molar-refractivity contribution in [3.05, 3.63) is 64.8 Å². The fraction of sp³-hybridized carbons (Fsp3) is 0.263. The second-order valence-corrected chi connectivity index (χ2v) is 6.28. The van der Waals surface area contributed by atoms with Gasteiger partial charge >= 0.3 is 0 Å². The minimum Gasteiger partial charge on any atom is -0.328 e. The van der Waals surface area contributed by atoms with Crippen LogP contribution in [0.15, 0.2) is 53.8 Å². The van der Waals surface area contributed by atoms with Crippen molar-refractivity contribution < 1.29 is 4.79 Å².